The number of hydrogen-bond acceptors (Lipinski definition) is 3. The lowest BCUT2D eigenvalue weighted by molar-refractivity contribution is -0.139. The summed E-state index contributed by atoms with van der Waals surface area (Å²) in [4.78, 5) is 27.3. The molecule has 1 atom stereocenters. The molecule has 0 spiro atoms. The summed E-state index contributed by atoms with van der Waals surface area (Å²) in [5.74, 6) is 1.06. The Bertz CT molecular complexity index is 764. The van der Waals surface area contributed by atoms with Crippen LogP contribution in [-0.4, -0.2) is 35.1 Å². The molecule has 1 unspecified atom stereocenters. The van der Waals surface area contributed by atoms with Crippen LogP contribution in [0.4, 0.5) is 0 Å². The molecule has 0 aliphatic rings. The molecule has 5 heteroatoms. The van der Waals surface area contributed by atoms with Crippen LogP contribution in [0.5, 0.6) is 0 Å². The number of aryl methyl sites for hydroxylation is 1. The Kier molecular flexibility index (Phi) is 9.08. The minimum atomic E-state index is -0.452. The Morgan fingerprint density at radius 2 is 1.71 bits per heavy atom. The summed E-state index contributed by atoms with van der Waals surface area (Å²) in [5, 5.41) is 2.87. The monoisotopic (exact) mass is 398 g/mol. The molecule has 0 aliphatic heterocycles. The molecule has 0 bridgehead atoms. The van der Waals surface area contributed by atoms with Crippen LogP contribution in [0.3, 0.4) is 0 Å². The minimum absolute atomic E-state index is 0.000500. The summed E-state index contributed by atoms with van der Waals surface area (Å²) in [6, 6.07) is 17.6. The fraction of sp³-hybridized carbons (Fsp3) is 0.391. The average molecular weight is 399 g/mol. The number of thioether (sulfide) groups is 1. The number of nitrogens with one attached hydrogen (secondary N) is 1. The van der Waals surface area contributed by atoms with Crippen LogP contribution in [0.25, 0.3) is 0 Å². The van der Waals surface area contributed by atoms with Gasteiger partial charge in [-0.2, -0.15) is 0 Å². The van der Waals surface area contributed by atoms with Gasteiger partial charge >= 0.3 is 0 Å². The Labute approximate surface area is 172 Å². The van der Waals surface area contributed by atoms with Gasteiger partial charge in [0.15, 0.2) is 0 Å². The van der Waals surface area contributed by atoms with Gasteiger partial charge in [0.25, 0.3) is 0 Å². The molecule has 2 aromatic rings. The van der Waals surface area contributed by atoms with Crippen molar-refractivity contribution in [2.45, 2.75) is 45.5 Å². The van der Waals surface area contributed by atoms with Gasteiger partial charge in [0.1, 0.15) is 6.04 Å². The van der Waals surface area contributed by atoms with E-state index in [0.717, 1.165) is 11.3 Å². The summed E-state index contributed by atoms with van der Waals surface area (Å²) in [6.45, 7) is 6.93. The fourth-order valence-corrected chi connectivity index (χ4v) is 4.08. The van der Waals surface area contributed by atoms with Gasteiger partial charge < -0.3 is 10.2 Å². The maximum atomic E-state index is 13.1. The van der Waals surface area contributed by atoms with Gasteiger partial charge in [0, 0.05) is 18.8 Å². The van der Waals surface area contributed by atoms with E-state index in [2.05, 4.69) is 24.4 Å². The lowest BCUT2D eigenvalue weighted by Crippen LogP contribution is -2.49. The van der Waals surface area contributed by atoms with Crippen molar-refractivity contribution in [3.05, 3.63) is 71.3 Å². The highest BCUT2D eigenvalue weighted by Gasteiger charge is 2.28. The number of carbonyl (C=O) groups excluding carboxylic acids is 2. The van der Waals surface area contributed by atoms with E-state index in [1.807, 2.05) is 56.3 Å². The van der Waals surface area contributed by atoms with Crippen LogP contribution in [-0.2, 0) is 21.9 Å². The van der Waals surface area contributed by atoms with Crippen molar-refractivity contribution >= 4 is 23.6 Å². The SMILES string of the molecule is CCNC(=O)C(CC)N(Cc1ccccc1)C(=O)CSCc1ccccc1C. The number of carbonyl (C=O) groups is 2. The van der Waals surface area contributed by atoms with Gasteiger partial charge in [-0.25, -0.2) is 0 Å². The molecule has 0 aromatic heterocycles. The van der Waals surface area contributed by atoms with Crippen LogP contribution in [0.2, 0.25) is 0 Å². The van der Waals surface area contributed by atoms with E-state index in [4.69, 9.17) is 0 Å². The van der Waals surface area contributed by atoms with Crippen molar-refractivity contribution in [1.82, 2.24) is 10.2 Å². The maximum absolute atomic E-state index is 13.1. The molecule has 0 saturated carbocycles. The lowest BCUT2D eigenvalue weighted by atomic mass is 10.1. The molecule has 0 saturated heterocycles. The zero-order chi connectivity index (χ0) is 20.4. The van der Waals surface area contributed by atoms with Crippen molar-refractivity contribution in [2.75, 3.05) is 12.3 Å². The first-order chi connectivity index (χ1) is 13.6. The quantitative estimate of drug-likeness (QED) is 0.653. The molecule has 0 heterocycles. The second-order valence-corrected chi connectivity index (χ2v) is 7.73. The third-order valence-corrected chi connectivity index (χ3v) is 5.64. The van der Waals surface area contributed by atoms with Gasteiger partial charge in [-0.05, 0) is 37.0 Å². The molecule has 150 valence electrons. The normalized spacial score (nSPS) is 11.7. The zero-order valence-electron chi connectivity index (χ0n) is 17.0. The largest absolute Gasteiger partial charge is 0.355 e. The molecule has 4 nitrogen and oxygen atoms in total. The second-order valence-electron chi connectivity index (χ2n) is 6.75. The van der Waals surface area contributed by atoms with Crippen molar-refractivity contribution in [3.63, 3.8) is 0 Å². The van der Waals surface area contributed by atoms with Crippen molar-refractivity contribution in [1.29, 1.82) is 0 Å². The van der Waals surface area contributed by atoms with Crippen LogP contribution >= 0.6 is 11.8 Å². The van der Waals surface area contributed by atoms with Gasteiger partial charge in [-0.1, -0.05) is 61.5 Å². The molecule has 2 aromatic carbocycles. The summed E-state index contributed by atoms with van der Waals surface area (Å²) in [6.07, 6.45) is 0.590. The molecule has 1 N–H and O–H groups in total. The molecule has 28 heavy (non-hydrogen) atoms. The van der Waals surface area contributed by atoms with Crippen LogP contribution < -0.4 is 5.32 Å². The fourth-order valence-electron chi connectivity index (χ4n) is 3.09. The van der Waals surface area contributed by atoms with E-state index in [1.165, 1.54) is 11.1 Å². The Balaban J connectivity index is 2.09. The summed E-state index contributed by atoms with van der Waals surface area (Å²) in [5.41, 5.74) is 3.51. The second kappa shape index (κ2) is 11.5. The number of rotatable bonds is 10. The third kappa shape index (κ3) is 6.41. The zero-order valence-corrected chi connectivity index (χ0v) is 17.8. The van der Waals surface area contributed by atoms with Crippen LogP contribution in [0.15, 0.2) is 54.6 Å². The van der Waals surface area contributed by atoms with E-state index < -0.39 is 6.04 Å². The summed E-state index contributed by atoms with van der Waals surface area (Å²) in [7, 11) is 0. The van der Waals surface area contributed by atoms with E-state index in [1.54, 1.807) is 16.7 Å². The number of nitrogens with zero attached hydrogens (tertiary/aromatic N) is 1. The number of likely N-dealkylation sites (N-methyl/N-ethyl adjacent to an activating group) is 1. The van der Waals surface area contributed by atoms with Crippen LogP contribution in [0.1, 0.15) is 37.0 Å². The predicted molar refractivity (Wildman–Crippen MR) is 117 cm³/mol. The molecule has 0 radical (unpaired) electrons. The smallest absolute Gasteiger partial charge is 0.242 e. The highest BCUT2D eigenvalue weighted by molar-refractivity contribution is 7.99. The molecule has 0 fully saturated rings. The number of amides is 2. The average Bonchev–Trinajstić information content (AvgIpc) is 2.70. The summed E-state index contributed by atoms with van der Waals surface area (Å²) >= 11 is 1.60. The third-order valence-electron chi connectivity index (χ3n) is 4.68. The van der Waals surface area contributed by atoms with E-state index in [0.29, 0.717) is 25.3 Å². The highest BCUT2D eigenvalue weighted by Crippen LogP contribution is 2.19. The van der Waals surface area contributed by atoms with Gasteiger partial charge in [0.2, 0.25) is 11.8 Å². The molecular weight excluding hydrogens is 368 g/mol. The van der Waals surface area contributed by atoms with Gasteiger partial charge in [0.05, 0.1) is 5.75 Å². The van der Waals surface area contributed by atoms with Crippen molar-refractivity contribution < 1.29 is 9.59 Å². The lowest BCUT2D eigenvalue weighted by Gasteiger charge is -2.30. The van der Waals surface area contributed by atoms with Crippen molar-refractivity contribution in [2.24, 2.45) is 0 Å². The Morgan fingerprint density at radius 3 is 2.36 bits per heavy atom. The highest BCUT2D eigenvalue weighted by atomic mass is 32.2. The molecule has 0 aliphatic carbocycles. The number of hydrogen-bond donors (Lipinski definition) is 1. The predicted octanol–water partition coefficient (Wildman–Crippen LogP) is 4.17. The van der Waals surface area contributed by atoms with E-state index >= 15 is 0 Å². The topological polar surface area (TPSA) is 49.4 Å². The molecule has 2 amide bonds. The van der Waals surface area contributed by atoms with Gasteiger partial charge in [-0.3, -0.25) is 9.59 Å². The minimum Gasteiger partial charge on any atom is -0.355 e. The molecule has 2 rings (SSSR count). The standard InChI is InChI=1S/C23H30N2O2S/c1-4-21(23(27)24-5-2)25(15-19-12-7-6-8-13-19)22(26)17-28-16-20-14-10-9-11-18(20)3/h6-14,21H,4-5,15-17H2,1-3H3,(H,24,27). The van der Waals surface area contributed by atoms with E-state index in [9.17, 15) is 9.59 Å². The first kappa shape index (κ1) is 22.0. The molecular formula is C23H30N2O2S. The Morgan fingerprint density at radius 1 is 1.04 bits per heavy atom. The summed E-state index contributed by atoms with van der Waals surface area (Å²) < 4.78 is 0. The van der Waals surface area contributed by atoms with Crippen LogP contribution in [0, 0.1) is 6.92 Å². The maximum Gasteiger partial charge on any atom is 0.242 e. The van der Waals surface area contributed by atoms with E-state index in [-0.39, 0.29) is 11.8 Å². The van der Waals surface area contributed by atoms with Gasteiger partial charge in [-0.15, -0.1) is 11.8 Å². The Hall–Kier alpha value is -2.27. The van der Waals surface area contributed by atoms with Crippen molar-refractivity contribution in [3.8, 4) is 0 Å². The first-order valence-corrected chi connectivity index (χ1v) is 11.0. The first-order valence-electron chi connectivity index (χ1n) is 9.80. The number of benzene rings is 2.